The average molecular weight is 286 g/mol. The third-order valence-corrected chi connectivity index (χ3v) is 2.56. The first-order chi connectivity index (χ1) is 8.97. The fraction of sp³-hybridized carbons (Fsp3) is 0.462. The third kappa shape index (κ3) is 6.88. The van der Waals surface area contributed by atoms with Crippen molar-refractivity contribution < 1.29 is 9.53 Å². The van der Waals surface area contributed by atoms with E-state index in [9.17, 15) is 4.79 Å². The highest BCUT2D eigenvalue weighted by Crippen LogP contribution is 2.16. The molecule has 0 aliphatic heterocycles. The van der Waals surface area contributed by atoms with Crippen molar-refractivity contribution >= 4 is 17.6 Å². The van der Waals surface area contributed by atoms with E-state index in [2.05, 4.69) is 10.6 Å². The van der Waals surface area contributed by atoms with Gasteiger partial charge < -0.3 is 20.3 Å². The molecule has 0 saturated heterocycles. The summed E-state index contributed by atoms with van der Waals surface area (Å²) < 4.78 is 5.53. The second-order valence-electron chi connectivity index (χ2n) is 4.42. The Morgan fingerprint density at radius 3 is 2.58 bits per heavy atom. The molecule has 2 N–H and O–H groups in total. The minimum atomic E-state index is -0.416. The summed E-state index contributed by atoms with van der Waals surface area (Å²) >= 11 is 5.78. The van der Waals surface area contributed by atoms with Gasteiger partial charge in [-0.3, -0.25) is 0 Å². The van der Waals surface area contributed by atoms with E-state index >= 15 is 0 Å². The maximum atomic E-state index is 11.5. The first kappa shape index (κ1) is 15.6. The second kappa shape index (κ2) is 7.86. The third-order valence-electron chi connectivity index (χ3n) is 2.31. The summed E-state index contributed by atoms with van der Waals surface area (Å²) in [6.07, 6.45) is -0.416. The van der Waals surface area contributed by atoms with Crippen molar-refractivity contribution in [1.82, 2.24) is 15.5 Å². The molecule has 0 spiro atoms. The number of amides is 2. The van der Waals surface area contributed by atoms with E-state index in [4.69, 9.17) is 16.3 Å². The van der Waals surface area contributed by atoms with Crippen molar-refractivity contribution in [2.24, 2.45) is 0 Å². The molecule has 6 heteroatoms. The molecule has 19 heavy (non-hydrogen) atoms. The largest absolute Gasteiger partial charge is 0.471 e. The number of urea groups is 1. The Balaban J connectivity index is 2.28. The lowest BCUT2D eigenvalue weighted by atomic mass is 10.3. The Morgan fingerprint density at radius 1 is 1.37 bits per heavy atom. The molecular weight excluding hydrogens is 266 g/mol. The number of carbonyl (C=O) groups excluding carboxylic acids is 1. The Bertz CT molecular complexity index is 395. The van der Waals surface area contributed by atoms with Gasteiger partial charge in [0.25, 0.3) is 0 Å². The van der Waals surface area contributed by atoms with E-state index in [0.717, 1.165) is 6.54 Å². The number of nitrogens with zero attached hydrogens (tertiary/aromatic N) is 1. The molecule has 0 aromatic heterocycles. The second-order valence-corrected chi connectivity index (χ2v) is 4.85. The van der Waals surface area contributed by atoms with Crippen LogP contribution in [0.15, 0.2) is 24.3 Å². The number of hydrogen-bond acceptors (Lipinski definition) is 3. The van der Waals surface area contributed by atoms with E-state index in [1.54, 1.807) is 31.2 Å². The van der Waals surface area contributed by atoms with Crippen LogP contribution in [-0.4, -0.2) is 44.3 Å². The quantitative estimate of drug-likeness (QED) is 0.785. The highest BCUT2D eigenvalue weighted by Gasteiger charge is 2.07. The lowest BCUT2D eigenvalue weighted by Gasteiger charge is -2.17. The van der Waals surface area contributed by atoms with E-state index in [1.165, 1.54) is 0 Å². The van der Waals surface area contributed by atoms with Crippen LogP contribution in [0.3, 0.4) is 0 Å². The summed E-state index contributed by atoms with van der Waals surface area (Å²) in [6, 6.07) is 6.74. The molecule has 1 aromatic rings. The molecule has 0 saturated carbocycles. The van der Waals surface area contributed by atoms with Crippen molar-refractivity contribution in [2.75, 3.05) is 27.2 Å². The predicted octanol–water partition coefficient (Wildman–Crippen LogP) is 1.93. The number of rotatable bonds is 6. The molecule has 106 valence electrons. The van der Waals surface area contributed by atoms with Gasteiger partial charge in [-0.2, -0.15) is 0 Å². The van der Waals surface area contributed by atoms with E-state index in [0.29, 0.717) is 17.3 Å². The Labute approximate surface area is 118 Å². The van der Waals surface area contributed by atoms with Gasteiger partial charge in [-0.1, -0.05) is 11.6 Å². The van der Waals surface area contributed by atoms with Crippen molar-refractivity contribution in [3.05, 3.63) is 29.3 Å². The van der Waals surface area contributed by atoms with E-state index < -0.39 is 6.23 Å². The number of ether oxygens (including phenoxy) is 1. The van der Waals surface area contributed by atoms with Crippen LogP contribution in [0.2, 0.25) is 5.02 Å². The van der Waals surface area contributed by atoms with E-state index in [1.807, 2.05) is 19.0 Å². The number of carbonyl (C=O) groups is 1. The number of likely N-dealkylation sites (N-methyl/N-ethyl adjacent to an activating group) is 1. The van der Waals surface area contributed by atoms with Crippen molar-refractivity contribution in [2.45, 2.75) is 13.2 Å². The zero-order valence-corrected chi connectivity index (χ0v) is 12.2. The standard InChI is InChI=1S/C13H20ClN3O2/c1-10(16-13(18)15-8-9-17(2)3)19-12-6-4-11(14)5-7-12/h4-7,10H,8-9H2,1-3H3,(H2,15,16,18). The minimum absolute atomic E-state index is 0.247. The molecule has 1 aromatic carbocycles. The predicted molar refractivity (Wildman–Crippen MR) is 76.6 cm³/mol. The Morgan fingerprint density at radius 2 is 2.00 bits per heavy atom. The smallest absolute Gasteiger partial charge is 0.317 e. The summed E-state index contributed by atoms with van der Waals surface area (Å²) in [6.45, 7) is 3.15. The Kier molecular flexibility index (Phi) is 6.45. The zero-order valence-electron chi connectivity index (χ0n) is 11.4. The molecule has 1 atom stereocenters. The minimum Gasteiger partial charge on any atom is -0.471 e. The molecule has 1 unspecified atom stereocenters. The molecule has 0 aliphatic carbocycles. The average Bonchev–Trinajstić information content (AvgIpc) is 2.31. The molecule has 5 nitrogen and oxygen atoms in total. The molecule has 0 fully saturated rings. The van der Waals surface area contributed by atoms with Crippen LogP contribution in [0.25, 0.3) is 0 Å². The monoisotopic (exact) mass is 285 g/mol. The van der Waals surface area contributed by atoms with E-state index in [-0.39, 0.29) is 6.03 Å². The number of halogens is 1. The lowest BCUT2D eigenvalue weighted by Crippen LogP contribution is -2.45. The van der Waals surface area contributed by atoms with Crippen LogP contribution in [-0.2, 0) is 0 Å². The molecular formula is C13H20ClN3O2. The van der Waals surface area contributed by atoms with Crippen LogP contribution < -0.4 is 15.4 Å². The molecule has 0 heterocycles. The molecule has 1 rings (SSSR count). The Hall–Kier alpha value is -1.46. The van der Waals surface area contributed by atoms with Gasteiger partial charge in [0.2, 0.25) is 0 Å². The van der Waals surface area contributed by atoms with Gasteiger partial charge in [-0.15, -0.1) is 0 Å². The summed E-state index contributed by atoms with van der Waals surface area (Å²) in [7, 11) is 3.90. The highest BCUT2D eigenvalue weighted by atomic mass is 35.5. The lowest BCUT2D eigenvalue weighted by molar-refractivity contribution is 0.176. The van der Waals surface area contributed by atoms with Crippen molar-refractivity contribution in [3.63, 3.8) is 0 Å². The molecule has 0 aliphatic rings. The summed E-state index contributed by atoms with van der Waals surface area (Å²) in [4.78, 5) is 13.5. The van der Waals surface area contributed by atoms with Crippen LogP contribution in [0.5, 0.6) is 5.75 Å². The molecule has 2 amide bonds. The van der Waals surface area contributed by atoms with Gasteiger partial charge >= 0.3 is 6.03 Å². The number of nitrogens with one attached hydrogen (secondary N) is 2. The normalized spacial score (nSPS) is 12.1. The first-order valence-corrected chi connectivity index (χ1v) is 6.46. The topological polar surface area (TPSA) is 53.6 Å². The van der Waals surface area contributed by atoms with Gasteiger partial charge in [0, 0.05) is 18.1 Å². The SMILES string of the molecule is CC(NC(=O)NCCN(C)C)Oc1ccc(Cl)cc1. The van der Waals surface area contributed by atoms with Crippen LogP contribution in [0.4, 0.5) is 4.79 Å². The molecule has 0 bridgehead atoms. The summed E-state index contributed by atoms with van der Waals surface area (Å²) in [5.41, 5.74) is 0. The molecule has 0 radical (unpaired) electrons. The van der Waals surface area contributed by atoms with Gasteiger partial charge in [-0.25, -0.2) is 4.79 Å². The van der Waals surface area contributed by atoms with Crippen molar-refractivity contribution in [1.29, 1.82) is 0 Å². The number of benzene rings is 1. The van der Waals surface area contributed by atoms with Crippen LogP contribution >= 0.6 is 11.6 Å². The van der Waals surface area contributed by atoms with Gasteiger partial charge in [-0.05, 0) is 45.3 Å². The van der Waals surface area contributed by atoms with Crippen molar-refractivity contribution in [3.8, 4) is 5.75 Å². The fourth-order valence-corrected chi connectivity index (χ4v) is 1.50. The zero-order chi connectivity index (χ0) is 14.3. The maximum Gasteiger partial charge on any atom is 0.317 e. The van der Waals surface area contributed by atoms with Gasteiger partial charge in [0.05, 0.1) is 0 Å². The van der Waals surface area contributed by atoms with Crippen LogP contribution in [0.1, 0.15) is 6.92 Å². The summed E-state index contributed by atoms with van der Waals surface area (Å²) in [5.74, 6) is 0.658. The maximum absolute atomic E-state index is 11.5. The van der Waals surface area contributed by atoms with Crippen LogP contribution in [0, 0.1) is 0 Å². The summed E-state index contributed by atoms with van der Waals surface area (Å²) in [5, 5.41) is 6.09. The van der Waals surface area contributed by atoms with Gasteiger partial charge in [0.1, 0.15) is 5.75 Å². The highest BCUT2D eigenvalue weighted by molar-refractivity contribution is 6.30. The van der Waals surface area contributed by atoms with Gasteiger partial charge in [0.15, 0.2) is 6.23 Å². The first-order valence-electron chi connectivity index (χ1n) is 6.08. The fourth-order valence-electron chi connectivity index (χ4n) is 1.38. The number of hydrogen-bond donors (Lipinski definition) is 2.